The lowest BCUT2D eigenvalue weighted by atomic mass is 10.1. The zero-order chi connectivity index (χ0) is 12.8. The Morgan fingerprint density at radius 3 is 3.17 bits per heavy atom. The fourth-order valence-electron chi connectivity index (χ4n) is 2.32. The number of ether oxygens (including phenoxy) is 1. The average molecular weight is 245 g/mol. The number of likely N-dealkylation sites (N-methyl/N-ethyl adjacent to an activating group) is 1. The van der Waals surface area contributed by atoms with Gasteiger partial charge in [0, 0.05) is 31.5 Å². The van der Waals surface area contributed by atoms with Crippen molar-refractivity contribution in [1.82, 2.24) is 9.88 Å². The van der Waals surface area contributed by atoms with Crippen LogP contribution in [0.2, 0.25) is 0 Å². The molecule has 0 aliphatic carbocycles. The van der Waals surface area contributed by atoms with Crippen molar-refractivity contribution < 1.29 is 4.74 Å². The van der Waals surface area contributed by atoms with Gasteiger partial charge in [0.2, 0.25) is 0 Å². The Hall–Kier alpha value is -1.44. The van der Waals surface area contributed by atoms with Gasteiger partial charge in [0.15, 0.2) is 0 Å². The molecule has 0 amide bonds. The van der Waals surface area contributed by atoms with E-state index in [1.807, 2.05) is 12.1 Å². The van der Waals surface area contributed by atoms with E-state index in [1.54, 1.807) is 6.20 Å². The zero-order valence-electron chi connectivity index (χ0n) is 10.8. The summed E-state index contributed by atoms with van der Waals surface area (Å²) in [5.74, 6) is 0. The molecule has 1 unspecified atom stereocenters. The molecule has 4 nitrogen and oxygen atoms in total. The summed E-state index contributed by atoms with van der Waals surface area (Å²) < 4.78 is 5.72. The molecule has 0 bridgehead atoms. The van der Waals surface area contributed by atoms with E-state index in [0.717, 1.165) is 31.7 Å². The van der Waals surface area contributed by atoms with Crippen molar-refractivity contribution >= 4 is 0 Å². The Bertz CT molecular complexity index is 421. The van der Waals surface area contributed by atoms with Gasteiger partial charge in [0.1, 0.15) is 11.8 Å². The number of hydrogen-bond donors (Lipinski definition) is 0. The summed E-state index contributed by atoms with van der Waals surface area (Å²) in [5.41, 5.74) is 1.51. The average Bonchev–Trinajstić information content (AvgIpc) is 2.40. The molecule has 0 N–H and O–H groups in total. The maximum atomic E-state index is 9.00. The fourth-order valence-corrected chi connectivity index (χ4v) is 2.32. The Balaban J connectivity index is 1.90. The van der Waals surface area contributed by atoms with Gasteiger partial charge >= 0.3 is 0 Å². The second-order valence-corrected chi connectivity index (χ2v) is 4.81. The van der Waals surface area contributed by atoms with Crippen LogP contribution in [0.25, 0.3) is 0 Å². The highest BCUT2D eigenvalue weighted by atomic mass is 16.5. The van der Waals surface area contributed by atoms with Crippen molar-refractivity contribution in [1.29, 1.82) is 5.26 Å². The molecule has 1 aliphatic rings. The predicted molar refractivity (Wildman–Crippen MR) is 68.9 cm³/mol. The van der Waals surface area contributed by atoms with Crippen LogP contribution in [-0.4, -0.2) is 36.2 Å². The SMILES string of the molecule is CN(Cc1cccnc1C#N)CC1CCCCO1. The van der Waals surface area contributed by atoms with E-state index >= 15 is 0 Å². The van der Waals surface area contributed by atoms with Gasteiger partial charge in [0.05, 0.1) is 6.10 Å². The van der Waals surface area contributed by atoms with Gasteiger partial charge in [-0.2, -0.15) is 5.26 Å². The quantitative estimate of drug-likeness (QED) is 0.813. The fraction of sp³-hybridized carbons (Fsp3) is 0.571. The van der Waals surface area contributed by atoms with Gasteiger partial charge in [-0.1, -0.05) is 6.07 Å². The van der Waals surface area contributed by atoms with Crippen molar-refractivity contribution in [3.05, 3.63) is 29.6 Å². The van der Waals surface area contributed by atoms with Gasteiger partial charge in [0.25, 0.3) is 0 Å². The van der Waals surface area contributed by atoms with Crippen LogP contribution in [-0.2, 0) is 11.3 Å². The summed E-state index contributed by atoms with van der Waals surface area (Å²) in [6.45, 7) is 2.55. The van der Waals surface area contributed by atoms with E-state index < -0.39 is 0 Å². The van der Waals surface area contributed by atoms with Crippen molar-refractivity contribution in [2.24, 2.45) is 0 Å². The molecule has 18 heavy (non-hydrogen) atoms. The van der Waals surface area contributed by atoms with Crippen LogP contribution in [0.1, 0.15) is 30.5 Å². The second-order valence-electron chi connectivity index (χ2n) is 4.81. The summed E-state index contributed by atoms with van der Waals surface area (Å²) in [7, 11) is 2.06. The molecule has 1 aliphatic heterocycles. The molecule has 2 rings (SSSR count). The van der Waals surface area contributed by atoms with Crippen LogP contribution in [0.4, 0.5) is 0 Å². The number of nitrogens with zero attached hydrogens (tertiary/aromatic N) is 3. The molecule has 1 fully saturated rings. The van der Waals surface area contributed by atoms with Gasteiger partial charge in [-0.15, -0.1) is 0 Å². The minimum Gasteiger partial charge on any atom is -0.377 e. The van der Waals surface area contributed by atoms with Crippen LogP contribution in [0, 0.1) is 11.3 Å². The van der Waals surface area contributed by atoms with Gasteiger partial charge in [-0.3, -0.25) is 4.90 Å². The maximum Gasteiger partial charge on any atom is 0.144 e. The molecule has 2 heterocycles. The number of pyridine rings is 1. The van der Waals surface area contributed by atoms with E-state index in [4.69, 9.17) is 10.00 Å². The second kappa shape index (κ2) is 6.48. The van der Waals surface area contributed by atoms with Gasteiger partial charge < -0.3 is 4.74 Å². The highest BCUT2D eigenvalue weighted by Gasteiger charge is 2.16. The van der Waals surface area contributed by atoms with Crippen LogP contribution >= 0.6 is 0 Å². The first kappa shape index (κ1) is 13.0. The summed E-state index contributed by atoms with van der Waals surface area (Å²) in [4.78, 5) is 6.28. The molecule has 0 saturated carbocycles. The Labute approximate surface area is 108 Å². The van der Waals surface area contributed by atoms with Crippen LogP contribution in [0.5, 0.6) is 0 Å². The highest BCUT2D eigenvalue weighted by Crippen LogP contribution is 2.15. The first-order valence-electron chi connectivity index (χ1n) is 6.43. The molecule has 0 aromatic carbocycles. The van der Waals surface area contributed by atoms with Crippen LogP contribution in [0.15, 0.2) is 18.3 Å². The van der Waals surface area contributed by atoms with Crippen molar-refractivity contribution in [2.75, 3.05) is 20.2 Å². The third kappa shape index (κ3) is 3.52. The zero-order valence-corrected chi connectivity index (χ0v) is 10.8. The summed E-state index contributed by atoms with van der Waals surface area (Å²) in [6, 6.07) is 5.97. The number of nitriles is 1. The molecular formula is C14H19N3O. The monoisotopic (exact) mass is 245 g/mol. The molecular weight excluding hydrogens is 226 g/mol. The van der Waals surface area contributed by atoms with E-state index in [0.29, 0.717) is 11.8 Å². The van der Waals surface area contributed by atoms with E-state index in [-0.39, 0.29) is 0 Å². The Morgan fingerprint density at radius 2 is 2.44 bits per heavy atom. The van der Waals surface area contributed by atoms with E-state index in [9.17, 15) is 0 Å². The largest absolute Gasteiger partial charge is 0.377 e. The highest BCUT2D eigenvalue weighted by molar-refractivity contribution is 5.30. The lowest BCUT2D eigenvalue weighted by molar-refractivity contribution is -0.00261. The number of aromatic nitrogens is 1. The predicted octanol–water partition coefficient (Wildman–Crippen LogP) is 1.95. The first-order chi connectivity index (χ1) is 8.79. The molecule has 1 aromatic rings. The minimum atomic E-state index is 0.339. The van der Waals surface area contributed by atoms with Gasteiger partial charge in [-0.05, 0) is 32.4 Å². The van der Waals surface area contributed by atoms with Crippen LogP contribution in [0.3, 0.4) is 0 Å². The normalized spacial score (nSPS) is 19.7. The molecule has 1 atom stereocenters. The smallest absolute Gasteiger partial charge is 0.144 e. The van der Waals surface area contributed by atoms with Crippen molar-refractivity contribution in [2.45, 2.75) is 31.9 Å². The standard InChI is InChI=1S/C14H19N3O/c1-17(11-13-6-2-3-8-18-13)10-12-5-4-7-16-14(12)9-15/h4-5,7,13H,2-3,6,8,10-11H2,1H3. The van der Waals surface area contributed by atoms with Gasteiger partial charge in [-0.25, -0.2) is 4.98 Å². The van der Waals surface area contributed by atoms with Crippen LogP contribution < -0.4 is 0 Å². The first-order valence-corrected chi connectivity index (χ1v) is 6.43. The van der Waals surface area contributed by atoms with Crippen molar-refractivity contribution in [3.63, 3.8) is 0 Å². The summed E-state index contributed by atoms with van der Waals surface area (Å²) in [5, 5.41) is 9.00. The lowest BCUT2D eigenvalue weighted by Gasteiger charge is -2.27. The minimum absolute atomic E-state index is 0.339. The maximum absolute atomic E-state index is 9.00. The summed E-state index contributed by atoms with van der Waals surface area (Å²) in [6.07, 6.45) is 5.58. The molecule has 0 radical (unpaired) electrons. The Morgan fingerprint density at radius 1 is 1.56 bits per heavy atom. The third-order valence-corrected chi connectivity index (χ3v) is 3.23. The lowest BCUT2D eigenvalue weighted by Crippen LogP contribution is -2.33. The molecule has 4 heteroatoms. The van der Waals surface area contributed by atoms with E-state index in [2.05, 4.69) is 23.0 Å². The van der Waals surface area contributed by atoms with Crippen molar-refractivity contribution in [3.8, 4) is 6.07 Å². The number of rotatable bonds is 4. The molecule has 1 aromatic heterocycles. The summed E-state index contributed by atoms with van der Waals surface area (Å²) >= 11 is 0. The topological polar surface area (TPSA) is 49.2 Å². The Kier molecular flexibility index (Phi) is 4.68. The number of hydrogen-bond acceptors (Lipinski definition) is 4. The van der Waals surface area contributed by atoms with E-state index in [1.165, 1.54) is 12.8 Å². The molecule has 96 valence electrons. The molecule has 0 spiro atoms. The third-order valence-electron chi connectivity index (χ3n) is 3.23. The molecule has 1 saturated heterocycles.